The number of para-hydroxylation sites is 1. The van der Waals surface area contributed by atoms with E-state index in [1.165, 1.54) is 7.11 Å². The molecule has 152 valence electrons. The Kier molecular flexibility index (Phi) is 5.68. The predicted molar refractivity (Wildman–Crippen MR) is 112 cm³/mol. The minimum Gasteiger partial charge on any atom is -0.453 e. The summed E-state index contributed by atoms with van der Waals surface area (Å²) in [6, 6.07) is 15.6. The maximum Gasteiger partial charge on any atom is 0.406 e. The van der Waals surface area contributed by atoms with E-state index in [0.29, 0.717) is 38.0 Å². The fraction of sp³-hybridized carbons (Fsp3) is 0.273. The first-order chi connectivity index (χ1) is 14.7. The Morgan fingerprint density at radius 1 is 1.03 bits per heavy atom. The summed E-state index contributed by atoms with van der Waals surface area (Å²) in [5.41, 5.74) is 4.99. The summed E-state index contributed by atoms with van der Waals surface area (Å²) in [4.78, 5) is 30.0. The lowest BCUT2D eigenvalue weighted by molar-refractivity contribution is -0.118. The molecule has 30 heavy (non-hydrogen) atoms. The van der Waals surface area contributed by atoms with Gasteiger partial charge in [0.25, 0.3) is 0 Å². The second-order valence-electron chi connectivity index (χ2n) is 7.02. The van der Waals surface area contributed by atoms with Crippen LogP contribution in [0.5, 0.6) is 0 Å². The summed E-state index contributed by atoms with van der Waals surface area (Å²) in [5, 5.41) is 11.1. The van der Waals surface area contributed by atoms with Gasteiger partial charge in [0.2, 0.25) is 10.8 Å². The van der Waals surface area contributed by atoms with Gasteiger partial charge in [-0.3, -0.25) is 4.79 Å². The van der Waals surface area contributed by atoms with Gasteiger partial charge in [-0.2, -0.15) is 0 Å². The van der Waals surface area contributed by atoms with Gasteiger partial charge >= 0.3 is 6.09 Å². The molecule has 2 aromatic carbocycles. The number of alkyl carbamates (subject to hydrolysis) is 1. The second-order valence-corrected chi connectivity index (χ2v) is 7.02. The van der Waals surface area contributed by atoms with E-state index in [2.05, 4.69) is 25.2 Å². The second kappa shape index (κ2) is 8.71. The summed E-state index contributed by atoms with van der Waals surface area (Å²) >= 11 is 0. The number of carbonyl (C=O) groups is 2. The van der Waals surface area contributed by atoms with Crippen molar-refractivity contribution in [2.45, 2.75) is 25.8 Å². The highest BCUT2D eigenvalue weighted by Gasteiger charge is 2.32. The van der Waals surface area contributed by atoms with Gasteiger partial charge < -0.3 is 15.0 Å². The van der Waals surface area contributed by atoms with E-state index in [1.54, 1.807) is 4.90 Å². The van der Waals surface area contributed by atoms with Crippen LogP contribution in [0.4, 0.5) is 10.5 Å². The van der Waals surface area contributed by atoms with Crippen LogP contribution in [0.2, 0.25) is 0 Å². The zero-order chi connectivity index (χ0) is 20.9. The third-order valence-electron chi connectivity index (χ3n) is 5.14. The van der Waals surface area contributed by atoms with Crippen LogP contribution in [-0.4, -0.2) is 25.7 Å². The molecule has 2 aliphatic rings. The third-order valence-corrected chi connectivity index (χ3v) is 5.14. The molecule has 1 N–H and O–H groups in total. The Morgan fingerprint density at radius 2 is 1.73 bits per heavy atom. The number of hydrogen-bond acceptors (Lipinski definition) is 5. The zero-order valence-corrected chi connectivity index (χ0v) is 16.7. The van der Waals surface area contributed by atoms with Gasteiger partial charge in [-0.15, -0.1) is 0 Å². The van der Waals surface area contributed by atoms with Crippen LogP contribution in [0.1, 0.15) is 36.0 Å². The Bertz CT molecular complexity index is 1090. The Morgan fingerprint density at radius 3 is 2.53 bits per heavy atom. The van der Waals surface area contributed by atoms with Crippen molar-refractivity contribution >= 4 is 29.1 Å². The Balaban J connectivity index is 1.60. The lowest BCUT2D eigenvalue weighted by atomic mass is 9.96. The number of unbranched alkanes of at least 4 members (excludes halogenated alkanes) is 1. The number of methoxy groups -OCH3 is 1. The number of carbonyl (C=O) groups excluding carboxylic acids is 2. The lowest BCUT2D eigenvalue weighted by Crippen LogP contribution is -2.32. The molecule has 0 bridgehead atoms. The fourth-order valence-corrected chi connectivity index (χ4v) is 3.64. The van der Waals surface area contributed by atoms with Crippen molar-refractivity contribution in [3.8, 4) is 0 Å². The Hall–Kier alpha value is -3.77. The summed E-state index contributed by atoms with van der Waals surface area (Å²) in [7, 11) is 1.33. The van der Waals surface area contributed by atoms with Gasteiger partial charge in [-0.05, 0) is 24.5 Å². The molecule has 0 aromatic heterocycles. The molecule has 8 nitrogen and oxygen atoms in total. The van der Waals surface area contributed by atoms with E-state index < -0.39 is 6.09 Å². The van der Waals surface area contributed by atoms with E-state index in [-0.39, 0.29) is 5.91 Å². The maximum atomic E-state index is 13.2. The van der Waals surface area contributed by atoms with E-state index in [9.17, 15) is 9.59 Å². The average Bonchev–Trinajstić information content (AvgIpc) is 3.25. The monoisotopic (exact) mass is 404 g/mol. The van der Waals surface area contributed by atoms with Gasteiger partial charge in [-0.1, -0.05) is 42.5 Å². The highest BCUT2D eigenvalue weighted by Crippen LogP contribution is 2.40. The van der Waals surface area contributed by atoms with Crippen LogP contribution in [0, 0.1) is 0 Å². The first-order valence-electron chi connectivity index (χ1n) is 9.85. The third kappa shape index (κ3) is 3.86. The number of amides is 2. The number of anilines is 1. The number of benzene rings is 2. The van der Waals surface area contributed by atoms with Crippen LogP contribution in [0.15, 0.2) is 58.8 Å². The number of fused-ring (bicyclic) bond motifs is 4. The number of nitrogens with zero attached hydrogens (tertiary/aromatic N) is 4. The Labute approximate surface area is 174 Å². The van der Waals surface area contributed by atoms with Crippen LogP contribution in [0.25, 0.3) is 11.4 Å². The van der Waals surface area contributed by atoms with E-state index in [0.717, 1.165) is 28.1 Å². The van der Waals surface area contributed by atoms with E-state index in [1.807, 2.05) is 48.5 Å². The minimum atomic E-state index is -0.462. The molecule has 4 rings (SSSR count). The summed E-state index contributed by atoms with van der Waals surface area (Å²) in [5.74, 6) is 0.0197. The highest BCUT2D eigenvalue weighted by molar-refractivity contribution is 6.01. The van der Waals surface area contributed by atoms with Crippen LogP contribution in [-0.2, 0) is 16.1 Å². The molecular formula is C22H22N5O3+. The molecule has 0 unspecified atom stereocenters. The van der Waals surface area contributed by atoms with Crippen LogP contribution < -0.4 is 15.1 Å². The number of rotatable bonds is 5. The van der Waals surface area contributed by atoms with Crippen LogP contribution >= 0.6 is 0 Å². The van der Waals surface area contributed by atoms with Gasteiger partial charge in [0.05, 0.1) is 19.3 Å². The normalized spacial score (nSPS) is 13.8. The summed E-state index contributed by atoms with van der Waals surface area (Å²) in [6.07, 6.45) is 1.26. The first kappa shape index (κ1) is 19.5. The van der Waals surface area contributed by atoms with Gasteiger partial charge in [0, 0.05) is 24.1 Å². The molecule has 0 atom stereocenters. The molecule has 0 radical (unpaired) electrons. The molecule has 0 spiro atoms. The van der Waals surface area contributed by atoms with E-state index in [4.69, 9.17) is 0 Å². The van der Waals surface area contributed by atoms with E-state index >= 15 is 0 Å². The number of ether oxygens (including phenoxy) is 1. The summed E-state index contributed by atoms with van der Waals surface area (Å²) < 4.78 is 4.55. The standard InChI is InChI=1S/C22H21N5O3/c1-30-22(29)23-13-7-6-12-19(28)27-14-15-8-2-3-9-16(15)20-21(25-26-24-20)17-10-4-5-11-18(17)27/h2-5,8-11H,6-7,12-14H2,1H3/p+1. The minimum absolute atomic E-state index is 0.0197. The topological polar surface area (TPSA) is 97.5 Å². The molecule has 2 aromatic rings. The largest absolute Gasteiger partial charge is 0.453 e. The molecule has 2 aliphatic heterocycles. The quantitative estimate of drug-likeness (QED) is 0.605. The van der Waals surface area contributed by atoms with Crippen molar-refractivity contribution in [2.75, 3.05) is 18.6 Å². The predicted octanol–water partition coefficient (Wildman–Crippen LogP) is 3.87. The number of hydrogen-bond donors (Lipinski definition) is 1. The lowest BCUT2D eigenvalue weighted by Gasteiger charge is -2.27. The van der Waals surface area contributed by atoms with Gasteiger partial charge in [0.15, 0.2) is 21.6 Å². The molecule has 8 heteroatoms. The average molecular weight is 404 g/mol. The van der Waals surface area contributed by atoms with Crippen molar-refractivity contribution in [2.24, 2.45) is 10.2 Å². The highest BCUT2D eigenvalue weighted by atomic mass is 16.5. The van der Waals surface area contributed by atoms with Crippen molar-refractivity contribution in [1.29, 1.82) is 0 Å². The van der Waals surface area contributed by atoms with Gasteiger partial charge in [0.1, 0.15) is 0 Å². The van der Waals surface area contributed by atoms with Crippen molar-refractivity contribution in [1.82, 2.24) is 10.2 Å². The van der Waals surface area contributed by atoms with Crippen molar-refractivity contribution in [3.05, 3.63) is 65.2 Å². The summed E-state index contributed by atoms with van der Waals surface area (Å²) in [6.45, 7) is 0.913. The van der Waals surface area contributed by atoms with Crippen molar-refractivity contribution in [3.63, 3.8) is 0 Å². The smallest absolute Gasteiger partial charge is 0.406 e. The fourth-order valence-electron chi connectivity index (χ4n) is 3.64. The molecule has 0 aliphatic carbocycles. The molecule has 0 saturated carbocycles. The first-order valence-corrected chi connectivity index (χ1v) is 9.85. The SMILES string of the molecule is COC(=O)NCCCCC(=O)N1Cc2ccccc2C2=C(N=[N+]=N2)c2ccccc21. The molecular weight excluding hydrogens is 382 g/mol. The number of nitrogens with one attached hydrogen (secondary N) is 1. The van der Waals surface area contributed by atoms with Crippen LogP contribution in [0.3, 0.4) is 0 Å². The molecule has 0 fully saturated rings. The van der Waals surface area contributed by atoms with Gasteiger partial charge in [-0.25, -0.2) is 4.79 Å². The maximum absolute atomic E-state index is 13.2. The molecule has 0 saturated heterocycles. The van der Waals surface area contributed by atoms with Crippen molar-refractivity contribution < 1.29 is 14.3 Å². The zero-order valence-electron chi connectivity index (χ0n) is 16.7. The molecule has 2 heterocycles. The molecule has 2 amide bonds.